The molecule has 2 nitrogen and oxygen atoms in total. The fraction of sp³-hybridized carbons (Fsp3) is 0.400. The van der Waals surface area contributed by atoms with Crippen LogP contribution in [0.15, 0.2) is 60.7 Å². The Morgan fingerprint density at radius 2 is 1.36 bits per heavy atom. The summed E-state index contributed by atoms with van der Waals surface area (Å²) in [7, 11) is 2.09. The third-order valence-electron chi connectivity index (χ3n) is 4.58. The van der Waals surface area contributed by atoms with Crippen LogP contribution in [0, 0.1) is 0 Å². The Labute approximate surface area is 134 Å². The smallest absolute Gasteiger partial charge is 0.0609 e. The van der Waals surface area contributed by atoms with E-state index in [1.165, 1.54) is 11.1 Å². The van der Waals surface area contributed by atoms with E-state index in [0.29, 0.717) is 5.92 Å². The summed E-state index contributed by atoms with van der Waals surface area (Å²) < 4.78 is 0. The Balaban J connectivity index is 2.17. The second-order valence-electron chi connectivity index (χ2n) is 6.55. The Kier molecular flexibility index (Phi) is 5.76. The third-order valence-corrected chi connectivity index (χ3v) is 4.58. The first-order chi connectivity index (χ1) is 10.5. The minimum atomic E-state index is -0.183. The van der Waals surface area contributed by atoms with Crippen LogP contribution in [0.25, 0.3) is 0 Å². The number of benzene rings is 2. The second kappa shape index (κ2) is 7.57. The molecular formula is C20H27NO. The van der Waals surface area contributed by atoms with Gasteiger partial charge in [0, 0.05) is 11.5 Å². The van der Waals surface area contributed by atoms with E-state index < -0.39 is 0 Å². The molecule has 0 fully saturated rings. The van der Waals surface area contributed by atoms with Crippen LogP contribution < -0.4 is 0 Å². The van der Waals surface area contributed by atoms with Crippen molar-refractivity contribution in [3.05, 3.63) is 71.8 Å². The lowest BCUT2D eigenvalue weighted by atomic mass is 9.88. The molecule has 0 aliphatic carbocycles. The highest BCUT2D eigenvalue weighted by atomic mass is 16.3. The zero-order chi connectivity index (χ0) is 16.0. The van der Waals surface area contributed by atoms with Gasteiger partial charge in [-0.2, -0.15) is 0 Å². The van der Waals surface area contributed by atoms with Gasteiger partial charge < -0.3 is 5.11 Å². The van der Waals surface area contributed by atoms with E-state index in [4.69, 9.17) is 0 Å². The molecule has 0 saturated carbocycles. The lowest BCUT2D eigenvalue weighted by Gasteiger charge is -2.35. The minimum absolute atomic E-state index is 0.171. The molecule has 1 N–H and O–H groups in total. The molecule has 0 aliphatic heterocycles. The van der Waals surface area contributed by atoms with Crippen molar-refractivity contribution in [1.29, 1.82) is 0 Å². The molecule has 0 aliphatic rings. The molecule has 0 heterocycles. The second-order valence-corrected chi connectivity index (χ2v) is 6.55. The van der Waals surface area contributed by atoms with Crippen LogP contribution in [0.3, 0.4) is 0 Å². The van der Waals surface area contributed by atoms with Crippen LogP contribution in [0.1, 0.15) is 37.3 Å². The van der Waals surface area contributed by atoms with Crippen molar-refractivity contribution in [2.24, 2.45) is 0 Å². The zero-order valence-electron chi connectivity index (χ0n) is 13.9. The monoisotopic (exact) mass is 297 g/mol. The molecule has 0 amide bonds. The molecule has 0 spiro atoms. The van der Waals surface area contributed by atoms with Gasteiger partial charge in [-0.05, 0) is 45.0 Å². The summed E-state index contributed by atoms with van der Waals surface area (Å²) >= 11 is 0. The van der Waals surface area contributed by atoms with E-state index in [-0.39, 0.29) is 12.1 Å². The van der Waals surface area contributed by atoms with Crippen molar-refractivity contribution in [2.45, 2.75) is 31.7 Å². The number of rotatable bonds is 7. The first-order valence-corrected chi connectivity index (χ1v) is 7.96. The maximum absolute atomic E-state index is 9.52. The molecule has 0 aromatic heterocycles. The number of likely N-dealkylation sites (N-methyl/N-ethyl adjacent to an activating group) is 1. The van der Waals surface area contributed by atoms with Gasteiger partial charge in [-0.25, -0.2) is 0 Å². The van der Waals surface area contributed by atoms with E-state index in [2.05, 4.69) is 86.5 Å². The van der Waals surface area contributed by atoms with Crippen LogP contribution >= 0.6 is 0 Å². The van der Waals surface area contributed by atoms with Gasteiger partial charge in [-0.3, -0.25) is 4.90 Å². The van der Waals surface area contributed by atoms with Crippen molar-refractivity contribution in [3.63, 3.8) is 0 Å². The van der Waals surface area contributed by atoms with Gasteiger partial charge in [0.25, 0.3) is 0 Å². The van der Waals surface area contributed by atoms with Gasteiger partial charge in [0.05, 0.1) is 6.61 Å². The van der Waals surface area contributed by atoms with Crippen molar-refractivity contribution >= 4 is 0 Å². The van der Waals surface area contributed by atoms with Crippen molar-refractivity contribution < 1.29 is 5.11 Å². The number of aliphatic hydroxyl groups excluding tert-OH is 1. The van der Waals surface area contributed by atoms with Crippen LogP contribution in [0.4, 0.5) is 0 Å². The summed E-state index contributed by atoms with van der Waals surface area (Å²) in [5, 5.41) is 9.52. The Morgan fingerprint density at radius 1 is 0.909 bits per heavy atom. The highest BCUT2D eigenvalue weighted by Crippen LogP contribution is 2.28. The highest BCUT2D eigenvalue weighted by molar-refractivity contribution is 5.32. The summed E-state index contributed by atoms with van der Waals surface area (Å²) in [5.41, 5.74) is 2.52. The van der Waals surface area contributed by atoms with Gasteiger partial charge in [-0.15, -0.1) is 0 Å². The molecule has 2 rings (SSSR count). The predicted molar refractivity (Wildman–Crippen MR) is 93.1 cm³/mol. The average molecular weight is 297 g/mol. The quantitative estimate of drug-likeness (QED) is 0.837. The molecule has 118 valence electrons. The average Bonchev–Trinajstić information content (AvgIpc) is 2.56. The maximum Gasteiger partial charge on any atom is 0.0609 e. The molecule has 0 unspecified atom stereocenters. The highest BCUT2D eigenvalue weighted by Gasteiger charge is 2.23. The molecule has 0 saturated heterocycles. The van der Waals surface area contributed by atoms with E-state index >= 15 is 0 Å². The summed E-state index contributed by atoms with van der Waals surface area (Å²) in [6, 6.07) is 21.4. The van der Waals surface area contributed by atoms with Gasteiger partial charge >= 0.3 is 0 Å². The largest absolute Gasteiger partial charge is 0.394 e. The molecule has 0 bridgehead atoms. The lowest BCUT2D eigenvalue weighted by Crippen LogP contribution is -2.44. The van der Waals surface area contributed by atoms with Crippen molar-refractivity contribution in [2.75, 3.05) is 20.2 Å². The molecule has 0 radical (unpaired) electrons. The van der Waals surface area contributed by atoms with E-state index in [0.717, 1.165) is 13.0 Å². The Hall–Kier alpha value is -1.64. The third kappa shape index (κ3) is 4.19. The maximum atomic E-state index is 9.52. The molecule has 0 atom stereocenters. The van der Waals surface area contributed by atoms with Gasteiger partial charge in [-0.1, -0.05) is 60.7 Å². The van der Waals surface area contributed by atoms with Gasteiger partial charge in [0.1, 0.15) is 0 Å². The van der Waals surface area contributed by atoms with Crippen LogP contribution in [0.5, 0.6) is 0 Å². The summed E-state index contributed by atoms with van der Waals surface area (Å²) in [4.78, 5) is 2.24. The SMILES string of the molecule is CN(CCC(c1ccccc1)c1ccccc1)C(C)(C)CO. The van der Waals surface area contributed by atoms with Gasteiger partial charge in [0.15, 0.2) is 0 Å². The predicted octanol–water partition coefficient (Wildman–Crippen LogP) is 3.91. The molecule has 2 heteroatoms. The summed E-state index contributed by atoms with van der Waals surface area (Å²) in [6.07, 6.45) is 1.04. The van der Waals surface area contributed by atoms with Crippen LogP contribution in [-0.2, 0) is 0 Å². The topological polar surface area (TPSA) is 23.5 Å². The standard InChI is InChI=1S/C20H27NO/c1-20(2,16-22)21(3)15-14-19(17-10-6-4-7-11-17)18-12-8-5-9-13-18/h4-13,19,22H,14-16H2,1-3H3. The lowest BCUT2D eigenvalue weighted by molar-refractivity contribution is 0.0774. The zero-order valence-corrected chi connectivity index (χ0v) is 13.9. The normalized spacial score (nSPS) is 12.1. The number of hydrogen-bond donors (Lipinski definition) is 1. The molecular weight excluding hydrogens is 270 g/mol. The van der Waals surface area contributed by atoms with E-state index in [9.17, 15) is 5.11 Å². The van der Waals surface area contributed by atoms with Crippen LogP contribution in [0.2, 0.25) is 0 Å². The first-order valence-electron chi connectivity index (χ1n) is 7.96. The molecule has 2 aromatic rings. The summed E-state index contributed by atoms with van der Waals surface area (Å²) in [6.45, 7) is 5.27. The fourth-order valence-electron chi connectivity index (χ4n) is 2.64. The number of hydrogen-bond acceptors (Lipinski definition) is 2. The number of aliphatic hydroxyl groups is 1. The molecule has 22 heavy (non-hydrogen) atoms. The fourth-order valence-corrected chi connectivity index (χ4v) is 2.64. The number of nitrogens with zero attached hydrogens (tertiary/aromatic N) is 1. The van der Waals surface area contributed by atoms with E-state index in [1.54, 1.807) is 0 Å². The Bertz CT molecular complexity index is 511. The molecule has 2 aromatic carbocycles. The minimum Gasteiger partial charge on any atom is -0.394 e. The van der Waals surface area contributed by atoms with E-state index in [1.807, 2.05) is 0 Å². The van der Waals surface area contributed by atoms with Gasteiger partial charge in [0.2, 0.25) is 0 Å². The first kappa shape index (κ1) is 16.7. The Morgan fingerprint density at radius 3 is 1.77 bits per heavy atom. The van der Waals surface area contributed by atoms with Crippen molar-refractivity contribution in [1.82, 2.24) is 4.90 Å². The van der Waals surface area contributed by atoms with Crippen molar-refractivity contribution in [3.8, 4) is 0 Å². The van der Waals surface area contributed by atoms with Crippen LogP contribution in [-0.4, -0.2) is 35.7 Å². The summed E-state index contributed by atoms with van der Waals surface area (Å²) in [5.74, 6) is 0.388.